The Kier molecular flexibility index (Phi) is 3.96. The molecule has 1 unspecified atom stereocenters. The van der Waals surface area contributed by atoms with Crippen LogP contribution in [-0.4, -0.2) is 5.11 Å². The summed E-state index contributed by atoms with van der Waals surface area (Å²) in [6.45, 7) is 1.95. The van der Waals surface area contributed by atoms with E-state index in [0.717, 1.165) is 16.7 Å². The molecule has 1 atom stereocenters. The van der Waals surface area contributed by atoms with Gasteiger partial charge in [-0.25, -0.2) is 0 Å². The molecule has 0 aliphatic carbocycles. The van der Waals surface area contributed by atoms with Gasteiger partial charge in [-0.15, -0.1) is 0 Å². The van der Waals surface area contributed by atoms with E-state index >= 15 is 0 Å². The molecule has 0 amide bonds. The molecular formula is C19H17ClO. The molecule has 21 heavy (non-hydrogen) atoms. The summed E-state index contributed by atoms with van der Waals surface area (Å²) < 4.78 is 0. The van der Waals surface area contributed by atoms with Crippen LogP contribution in [-0.2, 0) is 6.42 Å². The second kappa shape index (κ2) is 5.88. The first kappa shape index (κ1) is 14.1. The summed E-state index contributed by atoms with van der Waals surface area (Å²) in [6.07, 6.45) is -0.0212. The molecule has 0 saturated heterocycles. The number of aliphatic hydroxyl groups excluding tert-OH is 1. The third-order valence-electron chi connectivity index (χ3n) is 3.82. The van der Waals surface area contributed by atoms with Crippen molar-refractivity contribution in [3.63, 3.8) is 0 Å². The van der Waals surface area contributed by atoms with Crippen molar-refractivity contribution in [1.82, 2.24) is 0 Å². The van der Waals surface area contributed by atoms with Crippen LogP contribution in [0.25, 0.3) is 10.8 Å². The summed E-state index contributed by atoms with van der Waals surface area (Å²) in [5.74, 6) is 0. The molecule has 3 aromatic rings. The van der Waals surface area contributed by atoms with Crippen molar-refractivity contribution in [3.05, 3.63) is 82.4 Å². The van der Waals surface area contributed by atoms with Crippen LogP contribution in [0.15, 0.2) is 60.7 Å². The average molecular weight is 297 g/mol. The highest BCUT2D eigenvalue weighted by molar-refractivity contribution is 6.32. The van der Waals surface area contributed by atoms with Crippen molar-refractivity contribution in [2.24, 2.45) is 0 Å². The van der Waals surface area contributed by atoms with Crippen molar-refractivity contribution in [3.8, 4) is 0 Å². The molecule has 3 aromatic carbocycles. The zero-order valence-corrected chi connectivity index (χ0v) is 12.6. The Balaban J connectivity index is 1.89. The van der Waals surface area contributed by atoms with Gasteiger partial charge in [-0.3, -0.25) is 0 Å². The van der Waals surface area contributed by atoms with Gasteiger partial charge < -0.3 is 5.11 Å². The zero-order valence-electron chi connectivity index (χ0n) is 11.9. The van der Waals surface area contributed by atoms with Crippen LogP contribution in [0.1, 0.15) is 22.8 Å². The summed E-state index contributed by atoms with van der Waals surface area (Å²) in [5, 5.41) is 13.5. The number of aryl methyl sites for hydroxylation is 1. The summed E-state index contributed by atoms with van der Waals surface area (Å²) >= 11 is 6.29. The second-order valence-corrected chi connectivity index (χ2v) is 5.76. The van der Waals surface area contributed by atoms with Crippen molar-refractivity contribution >= 4 is 22.4 Å². The lowest BCUT2D eigenvalue weighted by Crippen LogP contribution is -2.03. The number of rotatable bonds is 3. The van der Waals surface area contributed by atoms with E-state index in [4.69, 9.17) is 11.6 Å². The molecule has 0 saturated carbocycles. The fourth-order valence-electron chi connectivity index (χ4n) is 2.63. The lowest BCUT2D eigenvalue weighted by atomic mass is 9.98. The maximum atomic E-state index is 10.5. The molecule has 0 heterocycles. The quantitative estimate of drug-likeness (QED) is 0.715. The second-order valence-electron chi connectivity index (χ2n) is 5.38. The minimum absolute atomic E-state index is 0.563. The third-order valence-corrected chi connectivity index (χ3v) is 4.34. The maximum Gasteiger partial charge on any atom is 0.0844 e. The molecule has 1 nitrogen and oxygen atoms in total. The van der Waals surface area contributed by atoms with E-state index in [-0.39, 0.29) is 0 Å². The number of benzene rings is 3. The molecule has 0 aromatic heterocycles. The van der Waals surface area contributed by atoms with Gasteiger partial charge in [0.25, 0.3) is 0 Å². The fraction of sp³-hybridized carbons (Fsp3) is 0.158. The lowest BCUT2D eigenvalue weighted by Gasteiger charge is -2.14. The summed E-state index contributed by atoms with van der Waals surface area (Å²) in [7, 11) is 0. The SMILES string of the molecule is Cc1cccc(C(O)Cc2ccc3ccccc3c2)c1Cl. The van der Waals surface area contributed by atoms with Gasteiger partial charge >= 0.3 is 0 Å². The number of hydrogen-bond acceptors (Lipinski definition) is 1. The van der Waals surface area contributed by atoms with E-state index in [1.165, 1.54) is 10.8 Å². The van der Waals surface area contributed by atoms with Crippen LogP contribution in [0.5, 0.6) is 0 Å². The minimum Gasteiger partial charge on any atom is -0.388 e. The molecule has 1 N–H and O–H groups in total. The van der Waals surface area contributed by atoms with Crippen molar-refractivity contribution < 1.29 is 5.11 Å². The molecule has 106 valence electrons. The van der Waals surface area contributed by atoms with Gasteiger partial charge in [0, 0.05) is 11.4 Å². The number of aliphatic hydroxyl groups is 1. The smallest absolute Gasteiger partial charge is 0.0844 e. The van der Waals surface area contributed by atoms with Gasteiger partial charge in [0.1, 0.15) is 0 Å². The number of fused-ring (bicyclic) bond motifs is 1. The topological polar surface area (TPSA) is 20.2 Å². The Bertz CT molecular complexity index is 779. The van der Waals surface area contributed by atoms with Crippen molar-refractivity contribution in [2.45, 2.75) is 19.4 Å². The van der Waals surface area contributed by atoms with Gasteiger partial charge in [0.05, 0.1) is 6.10 Å². The normalized spacial score (nSPS) is 12.5. The molecule has 0 fully saturated rings. The molecular weight excluding hydrogens is 280 g/mol. The van der Waals surface area contributed by atoms with Crippen LogP contribution in [0.4, 0.5) is 0 Å². The predicted molar refractivity (Wildman–Crippen MR) is 88.8 cm³/mol. The highest BCUT2D eigenvalue weighted by Gasteiger charge is 2.13. The first-order valence-electron chi connectivity index (χ1n) is 7.06. The molecule has 0 aliphatic rings. The van der Waals surface area contributed by atoms with E-state index < -0.39 is 6.10 Å². The van der Waals surface area contributed by atoms with E-state index in [1.807, 2.05) is 37.3 Å². The Hall–Kier alpha value is -1.83. The molecule has 2 heteroatoms. The Morgan fingerprint density at radius 1 is 0.952 bits per heavy atom. The van der Waals surface area contributed by atoms with E-state index in [2.05, 4.69) is 30.3 Å². The van der Waals surface area contributed by atoms with Crippen LogP contribution in [0.2, 0.25) is 5.02 Å². The van der Waals surface area contributed by atoms with Gasteiger partial charge in [-0.05, 0) is 34.4 Å². The van der Waals surface area contributed by atoms with Crippen LogP contribution in [0, 0.1) is 6.92 Å². The first-order valence-corrected chi connectivity index (χ1v) is 7.44. The van der Waals surface area contributed by atoms with Gasteiger partial charge in [0.2, 0.25) is 0 Å². The van der Waals surface area contributed by atoms with Crippen molar-refractivity contribution in [1.29, 1.82) is 0 Å². The Morgan fingerprint density at radius 3 is 2.52 bits per heavy atom. The summed E-state index contributed by atoms with van der Waals surface area (Å²) in [4.78, 5) is 0. The number of halogens is 1. The highest BCUT2D eigenvalue weighted by atomic mass is 35.5. The molecule has 0 spiro atoms. The van der Waals surface area contributed by atoms with Gasteiger partial charge in [-0.2, -0.15) is 0 Å². The van der Waals surface area contributed by atoms with Crippen molar-refractivity contribution in [2.75, 3.05) is 0 Å². The van der Waals surface area contributed by atoms with Crippen LogP contribution in [0.3, 0.4) is 0 Å². The van der Waals surface area contributed by atoms with Gasteiger partial charge in [-0.1, -0.05) is 72.3 Å². The Labute approximate surface area is 129 Å². The van der Waals surface area contributed by atoms with E-state index in [9.17, 15) is 5.11 Å². The highest BCUT2D eigenvalue weighted by Crippen LogP contribution is 2.29. The number of hydrogen-bond donors (Lipinski definition) is 1. The van der Waals surface area contributed by atoms with Crippen LogP contribution >= 0.6 is 11.6 Å². The summed E-state index contributed by atoms with van der Waals surface area (Å²) in [5.41, 5.74) is 2.90. The van der Waals surface area contributed by atoms with Crippen LogP contribution < -0.4 is 0 Å². The molecule has 0 aliphatic heterocycles. The molecule has 0 radical (unpaired) electrons. The standard InChI is InChI=1S/C19H17ClO/c1-13-5-4-8-17(19(13)20)18(21)12-14-9-10-15-6-2-3-7-16(15)11-14/h2-11,18,21H,12H2,1H3. The molecule has 3 rings (SSSR count). The first-order chi connectivity index (χ1) is 10.1. The third kappa shape index (κ3) is 2.94. The van der Waals surface area contributed by atoms with E-state index in [0.29, 0.717) is 11.4 Å². The maximum absolute atomic E-state index is 10.5. The minimum atomic E-state index is -0.585. The van der Waals surface area contributed by atoms with E-state index in [1.54, 1.807) is 0 Å². The largest absolute Gasteiger partial charge is 0.388 e. The fourth-order valence-corrected chi connectivity index (χ4v) is 2.88. The monoisotopic (exact) mass is 296 g/mol. The predicted octanol–water partition coefficient (Wildman–Crippen LogP) is 5.08. The lowest BCUT2D eigenvalue weighted by molar-refractivity contribution is 0.178. The zero-order chi connectivity index (χ0) is 14.8. The molecule has 0 bridgehead atoms. The van der Waals surface area contributed by atoms with Gasteiger partial charge in [0.15, 0.2) is 0 Å². The average Bonchev–Trinajstić information content (AvgIpc) is 2.50. The summed E-state index contributed by atoms with van der Waals surface area (Å²) in [6, 6.07) is 20.3. The Morgan fingerprint density at radius 2 is 1.71 bits per heavy atom.